The number of benzene rings is 2. The summed E-state index contributed by atoms with van der Waals surface area (Å²) >= 11 is 1.44. The van der Waals surface area contributed by atoms with E-state index in [0.29, 0.717) is 11.3 Å². The van der Waals surface area contributed by atoms with Crippen molar-refractivity contribution >= 4 is 17.7 Å². The summed E-state index contributed by atoms with van der Waals surface area (Å²) in [4.78, 5) is 12.6. The number of rotatable bonds is 7. The van der Waals surface area contributed by atoms with Gasteiger partial charge < -0.3 is 10.1 Å². The fourth-order valence-corrected chi connectivity index (χ4v) is 2.74. The lowest BCUT2D eigenvalue weighted by atomic mass is 10.2. The number of alkyl halides is 3. The number of hydrogen-bond donors (Lipinski definition) is 1. The molecule has 0 aliphatic heterocycles. The van der Waals surface area contributed by atoms with Gasteiger partial charge >= 0.3 is 6.36 Å². The van der Waals surface area contributed by atoms with Crippen molar-refractivity contribution in [2.75, 3.05) is 5.75 Å². The Kier molecular flexibility index (Phi) is 6.69. The van der Waals surface area contributed by atoms with Crippen molar-refractivity contribution in [3.63, 3.8) is 0 Å². The van der Waals surface area contributed by atoms with Gasteiger partial charge in [-0.3, -0.25) is 4.79 Å². The molecule has 2 rings (SSSR count). The Bertz CT molecular complexity index is 687. The summed E-state index contributed by atoms with van der Waals surface area (Å²) in [5, 5.41) is 2.69. The molecule has 0 aliphatic rings. The molecule has 0 aliphatic carbocycles. The largest absolute Gasteiger partial charge is 0.573 e. The number of carbonyl (C=O) groups excluding carboxylic acids is 1. The monoisotopic (exact) mass is 373 g/mol. The van der Waals surface area contributed by atoms with Gasteiger partial charge in [-0.2, -0.15) is 0 Å². The second-order valence-electron chi connectivity index (χ2n) is 5.02. The van der Waals surface area contributed by atoms with Gasteiger partial charge in [-0.15, -0.1) is 24.9 Å². The summed E-state index contributed by atoms with van der Waals surface area (Å²) in [7, 11) is 0. The van der Waals surface area contributed by atoms with Crippen LogP contribution in [-0.4, -0.2) is 18.0 Å². The van der Waals surface area contributed by atoms with Gasteiger partial charge in [0.1, 0.15) is 11.6 Å². The molecule has 0 atom stereocenters. The van der Waals surface area contributed by atoms with E-state index in [-0.39, 0.29) is 30.4 Å². The molecule has 1 N–H and O–H groups in total. The van der Waals surface area contributed by atoms with E-state index in [1.54, 1.807) is 12.1 Å². The fourth-order valence-electron chi connectivity index (χ4n) is 1.89. The Morgan fingerprint density at radius 3 is 2.28 bits per heavy atom. The van der Waals surface area contributed by atoms with Crippen molar-refractivity contribution in [2.45, 2.75) is 24.2 Å². The number of carbonyl (C=O) groups is 1. The van der Waals surface area contributed by atoms with Crippen LogP contribution >= 0.6 is 11.8 Å². The Morgan fingerprint density at radius 1 is 1.04 bits per heavy atom. The van der Waals surface area contributed by atoms with E-state index in [1.807, 2.05) is 0 Å². The molecule has 0 heterocycles. The van der Waals surface area contributed by atoms with E-state index in [0.717, 1.165) is 4.90 Å². The molecule has 134 valence electrons. The SMILES string of the molecule is O=C(CCSc1ccc(F)cc1)NCc1ccc(OC(F)(F)F)cc1. The fraction of sp³-hybridized carbons (Fsp3) is 0.235. The molecular formula is C17H15F4NO2S. The minimum absolute atomic E-state index is 0.176. The second-order valence-corrected chi connectivity index (χ2v) is 6.19. The van der Waals surface area contributed by atoms with Crippen LogP contribution in [0.1, 0.15) is 12.0 Å². The minimum atomic E-state index is -4.72. The smallest absolute Gasteiger partial charge is 0.406 e. The number of amides is 1. The zero-order valence-corrected chi connectivity index (χ0v) is 13.8. The molecule has 0 unspecified atom stereocenters. The number of halogens is 4. The van der Waals surface area contributed by atoms with E-state index in [4.69, 9.17) is 0 Å². The lowest BCUT2D eigenvalue weighted by Gasteiger charge is -2.10. The maximum Gasteiger partial charge on any atom is 0.573 e. The average Bonchev–Trinajstić information content (AvgIpc) is 2.55. The first-order chi connectivity index (χ1) is 11.8. The summed E-state index contributed by atoms with van der Waals surface area (Å²) in [6.45, 7) is 0.215. The van der Waals surface area contributed by atoms with Crippen LogP contribution in [0, 0.1) is 5.82 Å². The number of ether oxygens (including phenoxy) is 1. The van der Waals surface area contributed by atoms with Crippen LogP contribution < -0.4 is 10.1 Å². The van der Waals surface area contributed by atoms with Gasteiger partial charge in [-0.25, -0.2) is 4.39 Å². The molecule has 25 heavy (non-hydrogen) atoms. The van der Waals surface area contributed by atoms with Crippen molar-refractivity contribution in [3.05, 3.63) is 59.9 Å². The summed E-state index contributed by atoms with van der Waals surface area (Å²) in [6, 6.07) is 11.3. The van der Waals surface area contributed by atoms with Gasteiger partial charge in [0, 0.05) is 23.6 Å². The van der Waals surface area contributed by atoms with Crippen molar-refractivity contribution in [3.8, 4) is 5.75 Å². The van der Waals surface area contributed by atoms with E-state index < -0.39 is 6.36 Å². The molecule has 0 bridgehead atoms. The first kappa shape index (κ1) is 19.1. The molecule has 8 heteroatoms. The van der Waals surface area contributed by atoms with Gasteiger partial charge in [-0.05, 0) is 42.0 Å². The second kappa shape index (κ2) is 8.75. The number of nitrogens with one attached hydrogen (secondary N) is 1. The molecule has 0 saturated heterocycles. The summed E-state index contributed by atoms with van der Waals surface area (Å²) in [6.07, 6.45) is -4.45. The van der Waals surface area contributed by atoms with Crippen LogP contribution in [0.15, 0.2) is 53.4 Å². The van der Waals surface area contributed by atoms with Crippen LogP contribution in [0.25, 0.3) is 0 Å². The number of hydrogen-bond acceptors (Lipinski definition) is 3. The van der Waals surface area contributed by atoms with Gasteiger partial charge in [0.15, 0.2) is 0 Å². The van der Waals surface area contributed by atoms with Crippen LogP contribution in [0.4, 0.5) is 17.6 Å². The summed E-state index contributed by atoms with van der Waals surface area (Å²) in [5.74, 6) is -0.257. The Labute approximate surface area is 146 Å². The highest BCUT2D eigenvalue weighted by molar-refractivity contribution is 7.99. The lowest BCUT2D eigenvalue weighted by molar-refractivity contribution is -0.274. The third kappa shape index (κ3) is 7.47. The number of thioether (sulfide) groups is 1. The van der Waals surface area contributed by atoms with Crippen LogP contribution in [0.5, 0.6) is 5.75 Å². The molecular weight excluding hydrogens is 358 g/mol. The molecule has 3 nitrogen and oxygen atoms in total. The standard InChI is InChI=1S/C17H15F4NO2S/c18-13-3-7-15(8-4-13)25-10-9-16(23)22-11-12-1-5-14(6-2-12)24-17(19,20)21/h1-8H,9-11H2,(H,22,23). The molecule has 0 radical (unpaired) electrons. The third-order valence-corrected chi connectivity index (χ3v) is 4.07. The van der Waals surface area contributed by atoms with Crippen LogP contribution in [0.2, 0.25) is 0 Å². The predicted molar refractivity (Wildman–Crippen MR) is 86.7 cm³/mol. The summed E-state index contributed by atoms with van der Waals surface area (Å²) < 4.78 is 52.7. The van der Waals surface area contributed by atoms with E-state index >= 15 is 0 Å². The first-order valence-electron chi connectivity index (χ1n) is 7.31. The normalized spacial score (nSPS) is 11.2. The quantitative estimate of drug-likeness (QED) is 0.573. The first-order valence-corrected chi connectivity index (χ1v) is 8.30. The average molecular weight is 373 g/mol. The van der Waals surface area contributed by atoms with E-state index in [1.165, 1.54) is 48.2 Å². The van der Waals surface area contributed by atoms with Crippen molar-refractivity contribution in [1.82, 2.24) is 5.32 Å². The molecule has 0 spiro atoms. The molecule has 0 saturated carbocycles. The molecule has 1 amide bonds. The molecule has 0 aromatic heterocycles. The Morgan fingerprint density at radius 2 is 1.68 bits per heavy atom. The van der Waals surface area contributed by atoms with E-state index in [2.05, 4.69) is 10.1 Å². The van der Waals surface area contributed by atoms with Gasteiger partial charge in [-0.1, -0.05) is 12.1 Å². The van der Waals surface area contributed by atoms with Crippen LogP contribution in [-0.2, 0) is 11.3 Å². The molecule has 0 fully saturated rings. The zero-order chi connectivity index (χ0) is 18.3. The lowest BCUT2D eigenvalue weighted by Crippen LogP contribution is -2.23. The summed E-state index contributed by atoms with van der Waals surface area (Å²) in [5.41, 5.74) is 0.661. The molecule has 2 aromatic rings. The minimum Gasteiger partial charge on any atom is -0.406 e. The highest BCUT2D eigenvalue weighted by Crippen LogP contribution is 2.22. The van der Waals surface area contributed by atoms with Crippen molar-refractivity contribution in [1.29, 1.82) is 0 Å². The van der Waals surface area contributed by atoms with Gasteiger partial charge in [0.05, 0.1) is 0 Å². The third-order valence-electron chi connectivity index (χ3n) is 3.06. The van der Waals surface area contributed by atoms with Gasteiger partial charge in [0.25, 0.3) is 0 Å². The highest BCUT2D eigenvalue weighted by Gasteiger charge is 2.30. The topological polar surface area (TPSA) is 38.3 Å². The predicted octanol–water partition coefficient (Wildman–Crippen LogP) is 4.52. The highest BCUT2D eigenvalue weighted by atomic mass is 32.2. The van der Waals surface area contributed by atoms with Gasteiger partial charge in [0.2, 0.25) is 5.91 Å². The maximum atomic E-state index is 12.8. The van der Waals surface area contributed by atoms with Crippen LogP contribution in [0.3, 0.4) is 0 Å². The Hall–Kier alpha value is -2.22. The maximum absolute atomic E-state index is 12.8. The Balaban J connectivity index is 1.70. The molecule has 2 aromatic carbocycles. The zero-order valence-electron chi connectivity index (χ0n) is 13.0. The van der Waals surface area contributed by atoms with E-state index in [9.17, 15) is 22.4 Å². The van der Waals surface area contributed by atoms with Crippen molar-refractivity contribution < 1.29 is 27.1 Å². The van der Waals surface area contributed by atoms with Crippen molar-refractivity contribution in [2.24, 2.45) is 0 Å².